The van der Waals surface area contributed by atoms with Gasteiger partial charge in [0, 0.05) is 23.2 Å². The highest BCUT2D eigenvalue weighted by molar-refractivity contribution is 6.02. The molecular formula is C10H14ClNO2. The number of fused-ring (bicyclic) bond motifs is 1. The van der Waals surface area contributed by atoms with Crippen LogP contribution in [0.4, 0.5) is 5.69 Å². The molecule has 0 fully saturated rings. The van der Waals surface area contributed by atoms with Crippen LogP contribution in [0.15, 0.2) is 18.2 Å². The van der Waals surface area contributed by atoms with Crippen molar-refractivity contribution in [3.8, 4) is 11.1 Å². The van der Waals surface area contributed by atoms with Crippen LogP contribution in [0.5, 0.6) is 0 Å². The fourth-order valence-electron chi connectivity index (χ4n) is 0.977. The van der Waals surface area contributed by atoms with E-state index in [-0.39, 0.29) is 18.4 Å². The molecule has 0 atom stereocenters. The lowest BCUT2D eigenvalue weighted by Gasteiger charge is -1.87. The number of para-hydroxylation sites is 1. The third-order valence-electron chi connectivity index (χ3n) is 1.85. The van der Waals surface area contributed by atoms with Crippen LogP contribution in [0.3, 0.4) is 0 Å². The maximum Gasteiger partial charge on any atom is 0.305 e. The van der Waals surface area contributed by atoms with Crippen molar-refractivity contribution in [3.63, 3.8) is 0 Å². The van der Waals surface area contributed by atoms with Gasteiger partial charge in [-0.05, 0) is 0 Å². The second-order valence-corrected chi connectivity index (χ2v) is 2.70. The molecular weight excluding hydrogens is 202 g/mol. The molecule has 0 saturated heterocycles. The monoisotopic (exact) mass is 215 g/mol. The van der Waals surface area contributed by atoms with Crippen LogP contribution in [-0.4, -0.2) is 13.1 Å². The van der Waals surface area contributed by atoms with Crippen molar-refractivity contribution in [1.82, 2.24) is 0 Å². The van der Waals surface area contributed by atoms with Gasteiger partial charge < -0.3 is 10.5 Å². The zero-order valence-corrected chi connectivity index (χ0v) is 9.06. The van der Waals surface area contributed by atoms with Gasteiger partial charge in [0.2, 0.25) is 0 Å². The summed E-state index contributed by atoms with van der Waals surface area (Å²) in [6.07, 6.45) is 0.469. The summed E-state index contributed by atoms with van der Waals surface area (Å²) in [6.45, 7) is 1.76. The van der Waals surface area contributed by atoms with E-state index < -0.39 is 0 Å². The number of benzene rings is 1. The molecule has 0 heterocycles. The third kappa shape index (κ3) is 2.92. The van der Waals surface area contributed by atoms with Crippen molar-refractivity contribution in [3.05, 3.63) is 18.2 Å². The number of hydrogen-bond donors (Lipinski definition) is 1. The summed E-state index contributed by atoms with van der Waals surface area (Å²) < 4.78 is 4.26. The van der Waals surface area contributed by atoms with Gasteiger partial charge in [0.15, 0.2) is 0 Å². The molecule has 0 saturated carbocycles. The van der Waals surface area contributed by atoms with E-state index in [1.807, 2.05) is 18.2 Å². The van der Waals surface area contributed by atoms with Gasteiger partial charge in [-0.1, -0.05) is 25.1 Å². The average molecular weight is 216 g/mol. The Bertz CT molecular complexity index is 300. The Balaban J connectivity index is 0.000000230. The van der Waals surface area contributed by atoms with Crippen LogP contribution in [0.25, 0.3) is 11.1 Å². The standard InChI is InChI=1S/C6H5N.C4H8O2.ClH/c7-6-4-2-1-3-5(4)6;1-3-4(5)6-2;/h1-3H,7H2;3H2,1-2H3;1H. The predicted molar refractivity (Wildman–Crippen MR) is 59.4 cm³/mol. The largest absolute Gasteiger partial charge is 0.469 e. The predicted octanol–water partition coefficient (Wildman–Crippen LogP) is 2.24. The molecule has 2 N–H and O–H groups in total. The highest BCUT2D eigenvalue weighted by Crippen LogP contribution is 2.45. The summed E-state index contributed by atoms with van der Waals surface area (Å²) in [6, 6.07) is 6.08. The highest BCUT2D eigenvalue weighted by Gasteiger charge is 2.18. The molecule has 14 heavy (non-hydrogen) atoms. The number of esters is 1. The maximum atomic E-state index is 9.96. The fourth-order valence-corrected chi connectivity index (χ4v) is 0.977. The normalized spacial score (nSPS) is 9.00. The molecule has 3 nitrogen and oxygen atoms in total. The van der Waals surface area contributed by atoms with Gasteiger partial charge in [0.05, 0.1) is 7.11 Å². The zero-order chi connectivity index (χ0) is 9.84. The quantitative estimate of drug-likeness (QED) is 0.586. The molecule has 0 unspecified atom stereocenters. The van der Waals surface area contributed by atoms with Crippen molar-refractivity contribution < 1.29 is 9.53 Å². The maximum absolute atomic E-state index is 9.96. The number of nitrogens with two attached hydrogens (primary N) is 1. The third-order valence-corrected chi connectivity index (χ3v) is 1.85. The molecule has 0 aromatic heterocycles. The Hall–Kier alpha value is -1.22. The molecule has 0 aromatic rings. The van der Waals surface area contributed by atoms with E-state index in [2.05, 4.69) is 4.74 Å². The Kier molecular flexibility index (Phi) is 5.02. The smallest absolute Gasteiger partial charge is 0.305 e. The van der Waals surface area contributed by atoms with Gasteiger partial charge >= 0.3 is 5.97 Å². The van der Waals surface area contributed by atoms with E-state index in [1.165, 1.54) is 18.2 Å². The summed E-state index contributed by atoms with van der Waals surface area (Å²) in [4.78, 5) is 9.96. The molecule has 0 amide bonds. The Labute approximate surface area is 89.7 Å². The minimum Gasteiger partial charge on any atom is -0.469 e. The summed E-state index contributed by atoms with van der Waals surface area (Å²) in [7, 11) is 1.38. The van der Waals surface area contributed by atoms with Gasteiger partial charge in [-0.3, -0.25) is 4.79 Å². The second-order valence-electron chi connectivity index (χ2n) is 2.70. The van der Waals surface area contributed by atoms with E-state index in [9.17, 15) is 4.79 Å². The molecule has 78 valence electrons. The van der Waals surface area contributed by atoms with E-state index in [0.717, 1.165) is 5.69 Å². The molecule has 4 heteroatoms. The van der Waals surface area contributed by atoms with Crippen LogP contribution in [0.2, 0.25) is 0 Å². The summed E-state index contributed by atoms with van der Waals surface area (Å²) in [5, 5.41) is 0. The minimum atomic E-state index is -0.157. The van der Waals surface area contributed by atoms with E-state index in [0.29, 0.717) is 6.42 Å². The first-order chi connectivity index (χ1) is 6.20. The lowest BCUT2D eigenvalue weighted by atomic mass is 10.5. The lowest BCUT2D eigenvalue weighted by molar-refractivity contribution is -0.140. The van der Waals surface area contributed by atoms with Crippen molar-refractivity contribution in [2.24, 2.45) is 0 Å². The minimum absolute atomic E-state index is 0. The van der Waals surface area contributed by atoms with Crippen molar-refractivity contribution in [2.45, 2.75) is 13.3 Å². The number of halogens is 1. The van der Waals surface area contributed by atoms with E-state index >= 15 is 0 Å². The van der Waals surface area contributed by atoms with Crippen LogP contribution >= 0.6 is 12.4 Å². The number of carbonyl (C=O) groups excluding carboxylic acids is 1. The zero-order valence-electron chi connectivity index (χ0n) is 8.24. The first-order valence-corrected chi connectivity index (χ1v) is 4.16. The number of methoxy groups -OCH3 is 1. The van der Waals surface area contributed by atoms with Crippen LogP contribution in [0.1, 0.15) is 13.3 Å². The SMILES string of the molecule is CCC(=O)OC.Cl.Nc1c2cccc1-2. The molecule has 0 spiro atoms. The average Bonchev–Trinajstić information content (AvgIpc) is 2.63. The molecule has 2 rings (SSSR count). The van der Waals surface area contributed by atoms with E-state index in [4.69, 9.17) is 5.73 Å². The van der Waals surface area contributed by atoms with Crippen LogP contribution in [-0.2, 0) is 9.53 Å². The summed E-state index contributed by atoms with van der Waals surface area (Å²) in [5.74, 6) is -0.157. The van der Waals surface area contributed by atoms with Gasteiger partial charge in [-0.25, -0.2) is 0 Å². The first-order valence-electron chi connectivity index (χ1n) is 4.16. The lowest BCUT2D eigenvalue weighted by Crippen LogP contribution is -1.94. The first kappa shape index (κ1) is 12.8. The molecule has 0 bridgehead atoms. The molecule has 0 aliphatic heterocycles. The topological polar surface area (TPSA) is 52.3 Å². The second kappa shape index (κ2) is 5.50. The Morgan fingerprint density at radius 3 is 2.07 bits per heavy atom. The van der Waals surface area contributed by atoms with Crippen molar-refractivity contribution in [1.29, 1.82) is 0 Å². The molecule has 2 aliphatic rings. The molecule has 0 aromatic carbocycles. The fraction of sp³-hybridized carbons (Fsp3) is 0.300. The van der Waals surface area contributed by atoms with Gasteiger partial charge in [0.1, 0.15) is 0 Å². The molecule has 0 radical (unpaired) electrons. The number of ether oxygens (including phenoxy) is 1. The van der Waals surface area contributed by atoms with E-state index in [1.54, 1.807) is 6.92 Å². The summed E-state index contributed by atoms with van der Waals surface area (Å²) >= 11 is 0. The van der Waals surface area contributed by atoms with Gasteiger partial charge in [-0.2, -0.15) is 0 Å². The number of hydrogen-bond acceptors (Lipinski definition) is 3. The van der Waals surface area contributed by atoms with Crippen molar-refractivity contribution in [2.75, 3.05) is 12.8 Å². The van der Waals surface area contributed by atoms with Gasteiger partial charge in [0.25, 0.3) is 0 Å². The highest BCUT2D eigenvalue weighted by atomic mass is 35.5. The summed E-state index contributed by atoms with van der Waals surface area (Å²) in [5.41, 5.74) is 8.92. The van der Waals surface area contributed by atoms with Crippen LogP contribution < -0.4 is 5.73 Å². The molecule has 2 aliphatic carbocycles. The van der Waals surface area contributed by atoms with Gasteiger partial charge in [-0.15, -0.1) is 12.4 Å². The number of nitrogen functional groups attached to an aromatic ring is 1. The Morgan fingerprint density at radius 2 is 1.93 bits per heavy atom. The number of carbonyl (C=O) groups is 1. The Morgan fingerprint density at radius 1 is 1.43 bits per heavy atom. The van der Waals surface area contributed by atoms with Crippen LogP contribution in [0, 0.1) is 0 Å². The van der Waals surface area contributed by atoms with Crippen molar-refractivity contribution >= 4 is 24.1 Å². The number of rotatable bonds is 1. The number of anilines is 1.